The summed E-state index contributed by atoms with van der Waals surface area (Å²) in [6.07, 6.45) is 3.41. The van der Waals surface area contributed by atoms with Gasteiger partial charge in [-0.05, 0) is 49.3 Å². The minimum absolute atomic E-state index is 0.0481. The van der Waals surface area contributed by atoms with E-state index in [4.69, 9.17) is 14.6 Å². The summed E-state index contributed by atoms with van der Waals surface area (Å²) in [7, 11) is 0. The van der Waals surface area contributed by atoms with E-state index in [-0.39, 0.29) is 23.6 Å². The molecule has 2 fully saturated rings. The van der Waals surface area contributed by atoms with Crippen molar-refractivity contribution < 1.29 is 24.2 Å². The maximum atomic E-state index is 12.6. The van der Waals surface area contributed by atoms with Crippen LogP contribution in [0.3, 0.4) is 0 Å². The molecular weight excluding hydrogens is 376 g/mol. The van der Waals surface area contributed by atoms with Crippen LogP contribution in [0, 0.1) is 0 Å². The van der Waals surface area contributed by atoms with Crippen molar-refractivity contribution in [3.05, 3.63) is 41.1 Å². The quantitative estimate of drug-likeness (QED) is 0.789. The van der Waals surface area contributed by atoms with Crippen molar-refractivity contribution in [2.24, 2.45) is 0 Å². The highest BCUT2D eigenvalue weighted by Crippen LogP contribution is 2.34. The van der Waals surface area contributed by atoms with Gasteiger partial charge < -0.3 is 19.5 Å². The van der Waals surface area contributed by atoms with E-state index in [9.17, 15) is 9.59 Å². The number of hydrogen-bond acceptors (Lipinski definition) is 6. The molecule has 154 valence electrons. The monoisotopic (exact) mass is 400 g/mol. The average Bonchev–Trinajstić information content (AvgIpc) is 3.23. The number of amides is 1. The number of H-pyrrole nitrogens is 1. The fraction of sp³-hybridized carbons (Fsp3) is 0.500. The number of aromatic carboxylic acids is 1. The zero-order chi connectivity index (χ0) is 20.2. The summed E-state index contributed by atoms with van der Waals surface area (Å²) in [5.41, 5.74) is 1.81. The third-order valence-corrected chi connectivity index (χ3v) is 5.61. The van der Waals surface area contributed by atoms with Gasteiger partial charge in [0.1, 0.15) is 6.10 Å². The molecule has 1 saturated heterocycles. The molecule has 1 aromatic heterocycles. The molecule has 0 spiro atoms. The van der Waals surface area contributed by atoms with E-state index in [0.29, 0.717) is 37.8 Å². The second kappa shape index (κ2) is 8.60. The Labute approximate surface area is 168 Å². The second-order valence-corrected chi connectivity index (χ2v) is 7.42. The fourth-order valence-electron chi connectivity index (χ4n) is 3.96. The Hall–Kier alpha value is -2.94. The van der Waals surface area contributed by atoms with Gasteiger partial charge in [0.15, 0.2) is 0 Å². The average molecular weight is 400 g/mol. The Morgan fingerprint density at radius 1 is 1.10 bits per heavy atom. The summed E-state index contributed by atoms with van der Waals surface area (Å²) < 4.78 is 11.0. The summed E-state index contributed by atoms with van der Waals surface area (Å²) >= 11 is 0. The minimum Gasteiger partial charge on any atom is -0.476 e. The Morgan fingerprint density at radius 2 is 1.79 bits per heavy atom. The molecule has 2 heterocycles. The number of benzene rings is 1. The summed E-state index contributed by atoms with van der Waals surface area (Å²) in [5.74, 6) is -0.630. The zero-order valence-electron chi connectivity index (χ0n) is 16.0. The van der Waals surface area contributed by atoms with Crippen molar-refractivity contribution in [2.75, 3.05) is 26.3 Å². The standard InChI is InChI=1S/C20H24N4O5/c25-19(24-9-11-28-12-10-24)15-3-1-13(2-4-15)14-5-7-16(8-6-14)29-18-17(20(26)27)21-23-22-18/h1-4,14,16H,5-12H2,(H,26,27)(H,21,22,23)/t14-,16-. The maximum Gasteiger partial charge on any atom is 0.359 e. The molecule has 9 nitrogen and oxygen atoms in total. The molecule has 0 bridgehead atoms. The predicted octanol–water partition coefficient (Wildman–Crippen LogP) is 2.08. The molecule has 1 aromatic carbocycles. The summed E-state index contributed by atoms with van der Waals surface area (Å²) in [6.45, 7) is 2.47. The van der Waals surface area contributed by atoms with Crippen molar-refractivity contribution in [3.8, 4) is 5.88 Å². The van der Waals surface area contributed by atoms with Gasteiger partial charge in [0.05, 0.1) is 13.2 Å². The third kappa shape index (κ3) is 4.40. The molecule has 29 heavy (non-hydrogen) atoms. The van der Waals surface area contributed by atoms with Gasteiger partial charge in [-0.1, -0.05) is 22.4 Å². The van der Waals surface area contributed by atoms with Gasteiger partial charge in [0, 0.05) is 18.7 Å². The van der Waals surface area contributed by atoms with Crippen LogP contribution in [0.4, 0.5) is 0 Å². The van der Waals surface area contributed by atoms with Crippen molar-refractivity contribution in [1.82, 2.24) is 20.3 Å². The number of rotatable bonds is 5. The number of hydrogen-bond donors (Lipinski definition) is 2. The number of nitrogens with zero attached hydrogens (tertiary/aromatic N) is 3. The van der Waals surface area contributed by atoms with E-state index in [1.54, 1.807) is 0 Å². The number of ether oxygens (including phenoxy) is 2. The van der Waals surface area contributed by atoms with E-state index in [1.165, 1.54) is 5.56 Å². The van der Waals surface area contributed by atoms with E-state index >= 15 is 0 Å². The minimum atomic E-state index is -1.13. The Kier molecular flexibility index (Phi) is 5.75. The van der Waals surface area contributed by atoms with Crippen LogP contribution in [-0.4, -0.2) is 69.7 Å². The van der Waals surface area contributed by atoms with Gasteiger partial charge in [-0.2, -0.15) is 0 Å². The van der Waals surface area contributed by atoms with E-state index in [2.05, 4.69) is 15.4 Å². The first-order chi connectivity index (χ1) is 14.1. The van der Waals surface area contributed by atoms with Crippen molar-refractivity contribution in [3.63, 3.8) is 0 Å². The number of morpholine rings is 1. The van der Waals surface area contributed by atoms with Crippen molar-refractivity contribution >= 4 is 11.9 Å². The number of aromatic nitrogens is 3. The first-order valence-electron chi connectivity index (χ1n) is 9.90. The van der Waals surface area contributed by atoms with Gasteiger partial charge in [-0.15, -0.1) is 0 Å². The summed E-state index contributed by atoms with van der Waals surface area (Å²) in [6, 6.07) is 7.90. The van der Waals surface area contributed by atoms with Crippen LogP contribution < -0.4 is 4.74 Å². The smallest absolute Gasteiger partial charge is 0.359 e. The van der Waals surface area contributed by atoms with Gasteiger partial charge in [0.25, 0.3) is 11.8 Å². The largest absolute Gasteiger partial charge is 0.476 e. The number of aromatic amines is 1. The molecular formula is C20H24N4O5. The summed E-state index contributed by atoms with van der Waals surface area (Å²) in [5, 5.41) is 18.7. The molecule has 1 aliphatic carbocycles. The molecule has 0 atom stereocenters. The highest BCUT2D eigenvalue weighted by Gasteiger charge is 2.27. The highest BCUT2D eigenvalue weighted by molar-refractivity contribution is 5.94. The van der Waals surface area contributed by atoms with Gasteiger partial charge in [-0.25, -0.2) is 9.89 Å². The van der Waals surface area contributed by atoms with E-state index in [0.717, 1.165) is 25.7 Å². The first kappa shape index (κ1) is 19.4. The third-order valence-electron chi connectivity index (χ3n) is 5.61. The second-order valence-electron chi connectivity index (χ2n) is 7.42. The SMILES string of the molecule is O=C(O)c1[nH]nnc1O[C@H]1CC[C@H](c2ccc(C(=O)N3CCOCC3)cc2)CC1. The fourth-order valence-corrected chi connectivity index (χ4v) is 3.96. The molecule has 9 heteroatoms. The lowest BCUT2D eigenvalue weighted by molar-refractivity contribution is 0.0303. The molecule has 2 N–H and O–H groups in total. The van der Waals surface area contributed by atoms with Gasteiger partial charge in [-0.3, -0.25) is 4.79 Å². The summed E-state index contributed by atoms with van der Waals surface area (Å²) in [4.78, 5) is 25.5. The van der Waals surface area contributed by atoms with Crippen LogP contribution in [0.2, 0.25) is 0 Å². The maximum absolute atomic E-state index is 12.6. The Balaban J connectivity index is 1.32. The van der Waals surface area contributed by atoms with Crippen molar-refractivity contribution in [1.29, 1.82) is 0 Å². The Morgan fingerprint density at radius 3 is 2.45 bits per heavy atom. The van der Waals surface area contributed by atoms with E-state index < -0.39 is 5.97 Å². The Bertz CT molecular complexity index is 852. The lowest BCUT2D eigenvalue weighted by atomic mass is 9.82. The first-order valence-corrected chi connectivity index (χ1v) is 9.90. The molecule has 2 aliphatic rings. The molecule has 1 saturated carbocycles. The van der Waals surface area contributed by atoms with Crippen LogP contribution >= 0.6 is 0 Å². The normalized spacial score (nSPS) is 22.3. The number of nitrogens with one attached hydrogen (secondary N) is 1. The topological polar surface area (TPSA) is 118 Å². The van der Waals surface area contributed by atoms with Crippen LogP contribution in [0.15, 0.2) is 24.3 Å². The van der Waals surface area contributed by atoms with Crippen LogP contribution in [0.5, 0.6) is 5.88 Å². The van der Waals surface area contributed by atoms with Crippen LogP contribution in [0.1, 0.15) is 58.0 Å². The number of carbonyl (C=O) groups is 2. The van der Waals surface area contributed by atoms with Crippen LogP contribution in [0.25, 0.3) is 0 Å². The van der Waals surface area contributed by atoms with Crippen LogP contribution in [-0.2, 0) is 4.74 Å². The lowest BCUT2D eigenvalue weighted by Gasteiger charge is -2.29. The lowest BCUT2D eigenvalue weighted by Crippen LogP contribution is -2.40. The number of carboxylic acid groups (broad SMARTS) is 1. The van der Waals surface area contributed by atoms with Gasteiger partial charge in [0.2, 0.25) is 5.69 Å². The van der Waals surface area contributed by atoms with Crippen molar-refractivity contribution in [2.45, 2.75) is 37.7 Å². The molecule has 1 aliphatic heterocycles. The van der Waals surface area contributed by atoms with Gasteiger partial charge >= 0.3 is 5.97 Å². The zero-order valence-corrected chi connectivity index (χ0v) is 16.0. The van der Waals surface area contributed by atoms with E-state index in [1.807, 2.05) is 29.2 Å². The molecule has 0 unspecified atom stereocenters. The number of carboxylic acids is 1. The highest BCUT2D eigenvalue weighted by atomic mass is 16.5. The molecule has 1 amide bonds. The molecule has 4 rings (SSSR count). The molecule has 0 radical (unpaired) electrons. The predicted molar refractivity (Wildman–Crippen MR) is 102 cm³/mol. The number of carbonyl (C=O) groups excluding carboxylic acids is 1. The molecule has 2 aromatic rings.